The zero-order valence-electron chi connectivity index (χ0n) is 7.23. The Hall–Kier alpha value is -1.01. The van der Waals surface area contributed by atoms with Gasteiger partial charge in [-0.3, -0.25) is 4.79 Å². The molecule has 0 aromatic carbocycles. The Kier molecular flexibility index (Phi) is 2.24. The Labute approximate surface area is 80.1 Å². The molecule has 0 atom stereocenters. The lowest BCUT2D eigenvalue weighted by Gasteiger charge is -2.35. The van der Waals surface area contributed by atoms with E-state index in [1.54, 1.807) is 11.9 Å². The SMILES string of the molecule is CN(C(=O)c1cnsn1)C1CNC1. The second kappa shape index (κ2) is 3.39. The third-order valence-corrected chi connectivity index (χ3v) is 2.69. The van der Waals surface area contributed by atoms with Crippen molar-refractivity contribution in [1.82, 2.24) is 19.0 Å². The van der Waals surface area contributed by atoms with E-state index in [9.17, 15) is 4.79 Å². The number of likely N-dealkylation sites (N-methyl/N-ethyl adjacent to an activating group) is 1. The van der Waals surface area contributed by atoms with Crippen molar-refractivity contribution in [3.8, 4) is 0 Å². The van der Waals surface area contributed by atoms with E-state index >= 15 is 0 Å². The van der Waals surface area contributed by atoms with Gasteiger partial charge >= 0.3 is 0 Å². The molecule has 0 radical (unpaired) electrons. The van der Waals surface area contributed by atoms with Crippen LogP contribution in [0.3, 0.4) is 0 Å². The third-order valence-electron chi connectivity index (χ3n) is 2.21. The lowest BCUT2D eigenvalue weighted by Crippen LogP contribution is -2.57. The smallest absolute Gasteiger partial charge is 0.275 e. The number of hydrogen-bond acceptors (Lipinski definition) is 5. The van der Waals surface area contributed by atoms with Crippen LogP contribution >= 0.6 is 11.7 Å². The summed E-state index contributed by atoms with van der Waals surface area (Å²) in [5.74, 6) is -0.0414. The van der Waals surface area contributed by atoms with Crippen molar-refractivity contribution < 1.29 is 4.79 Å². The van der Waals surface area contributed by atoms with Gasteiger partial charge in [0.15, 0.2) is 5.69 Å². The van der Waals surface area contributed by atoms with Crippen molar-refractivity contribution >= 4 is 17.6 Å². The normalized spacial score (nSPS) is 16.7. The lowest BCUT2D eigenvalue weighted by atomic mass is 10.1. The van der Waals surface area contributed by atoms with Gasteiger partial charge in [0.25, 0.3) is 5.91 Å². The third kappa shape index (κ3) is 1.54. The van der Waals surface area contributed by atoms with E-state index in [0.29, 0.717) is 11.7 Å². The van der Waals surface area contributed by atoms with Crippen molar-refractivity contribution in [3.63, 3.8) is 0 Å². The van der Waals surface area contributed by atoms with Gasteiger partial charge in [-0.25, -0.2) is 0 Å². The minimum Gasteiger partial charge on any atom is -0.335 e. The summed E-state index contributed by atoms with van der Waals surface area (Å²) in [5, 5.41) is 3.11. The highest BCUT2D eigenvalue weighted by molar-refractivity contribution is 6.99. The largest absolute Gasteiger partial charge is 0.335 e. The molecular weight excluding hydrogens is 188 g/mol. The predicted octanol–water partition coefficient (Wildman–Crippen LogP) is -0.418. The van der Waals surface area contributed by atoms with Gasteiger partial charge < -0.3 is 10.2 Å². The molecule has 1 aliphatic heterocycles. The average Bonchev–Trinajstić information content (AvgIpc) is 2.51. The minimum absolute atomic E-state index is 0.0414. The van der Waals surface area contributed by atoms with Gasteiger partial charge in [0.05, 0.1) is 24.0 Å². The van der Waals surface area contributed by atoms with Crippen molar-refractivity contribution in [2.24, 2.45) is 0 Å². The standard InChI is InChI=1S/C7H10N4OS/c1-11(5-2-8-3-5)7(12)6-4-9-13-10-6/h4-5,8H,2-3H2,1H3. The van der Waals surface area contributed by atoms with E-state index in [0.717, 1.165) is 24.8 Å². The van der Waals surface area contributed by atoms with E-state index in [1.165, 1.54) is 6.20 Å². The Morgan fingerprint density at radius 1 is 1.77 bits per heavy atom. The average molecular weight is 198 g/mol. The molecule has 1 aliphatic rings. The fourth-order valence-electron chi connectivity index (χ4n) is 1.15. The quantitative estimate of drug-likeness (QED) is 0.701. The van der Waals surface area contributed by atoms with Crippen LogP contribution in [0.15, 0.2) is 6.20 Å². The van der Waals surface area contributed by atoms with Crippen LogP contribution in [-0.2, 0) is 0 Å². The summed E-state index contributed by atoms with van der Waals surface area (Å²) in [7, 11) is 1.80. The fraction of sp³-hybridized carbons (Fsp3) is 0.571. The molecular formula is C7H10N4OS. The first-order chi connectivity index (χ1) is 6.29. The Morgan fingerprint density at radius 3 is 3.00 bits per heavy atom. The van der Waals surface area contributed by atoms with E-state index in [2.05, 4.69) is 14.1 Å². The molecule has 1 N–H and O–H groups in total. The zero-order valence-corrected chi connectivity index (χ0v) is 8.04. The summed E-state index contributed by atoms with van der Waals surface area (Å²) in [6.07, 6.45) is 1.51. The van der Waals surface area contributed by atoms with Crippen LogP contribution in [0.1, 0.15) is 10.5 Å². The molecule has 1 fully saturated rings. The monoisotopic (exact) mass is 198 g/mol. The highest BCUT2D eigenvalue weighted by Gasteiger charge is 2.26. The summed E-state index contributed by atoms with van der Waals surface area (Å²) < 4.78 is 7.69. The topological polar surface area (TPSA) is 58.1 Å². The number of nitrogens with zero attached hydrogens (tertiary/aromatic N) is 3. The van der Waals surface area contributed by atoms with E-state index in [4.69, 9.17) is 0 Å². The molecule has 0 saturated carbocycles. The second-order valence-corrected chi connectivity index (χ2v) is 3.58. The predicted molar refractivity (Wildman–Crippen MR) is 48.7 cm³/mol. The van der Waals surface area contributed by atoms with Gasteiger partial charge in [-0.15, -0.1) is 0 Å². The Morgan fingerprint density at radius 2 is 2.54 bits per heavy atom. The molecule has 6 heteroatoms. The molecule has 0 unspecified atom stereocenters. The first-order valence-electron chi connectivity index (χ1n) is 4.04. The van der Waals surface area contributed by atoms with Crippen LogP contribution in [0.5, 0.6) is 0 Å². The van der Waals surface area contributed by atoms with Gasteiger partial charge in [0.2, 0.25) is 0 Å². The molecule has 0 bridgehead atoms. The second-order valence-electron chi connectivity index (χ2n) is 3.02. The van der Waals surface area contributed by atoms with Crippen LogP contribution in [0.4, 0.5) is 0 Å². The zero-order chi connectivity index (χ0) is 9.26. The lowest BCUT2D eigenvalue weighted by molar-refractivity contribution is 0.0676. The molecule has 2 heterocycles. The van der Waals surface area contributed by atoms with E-state index < -0.39 is 0 Å². The van der Waals surface area contributed by atoms with Gasteiger partial charge in [0.1, 0.15) is 0 Å². The molecule has 13 heavy (non-hydrogen) atoms. The van der Waals surface area contributed by atoms with Gasteiger partial charge in [-0.1, -0.05) is 0 Å². The van der Waals surface area contributed by atoms with Gasteiger partial charge in [-0.2, -0.15) is 8.75 Å². The van der Waals surface area contributed by atoms with Crippen LogP contribution in [0.2, 0.25) is 0 Å². The molecule has 70 valence electrons. The number of carbonyl (C=O) groups is 1. The maximum absolute atomic E-state index is 11.6. The number of hydrogen-bond donors (Lipinski definition) is 1. The molecule has 5 nitrogen and oxygen atoms in total. The van der Waals surface area contributed by atoms with E-state index in [1.807, 2.05) is 0 Å². The Bertz CT molecular complexity index is 295. The van der Waals surface area contributed by atoms with Crippen molar-refractivity contribution in [2.75, 3.05) is 20.1 Å². The van der Waals surface area contributed by atoms with Crippen molar-refractivity contribution in [3.05, 3.63) is 11.9 Å². The van der Waals surface area contributed by atoms with Gasteiger partial charge in [-0.05, 0) is 0 Å². The summed E-state index contributed by atoms with van der Waals surface area (Å²) in [6.45, 7) is 1.75. The number of amides is 1. The molecule has 1 saturated heterocycles. The van der Waals surface area contributed by atoms with Gasteiger partial charge in [0, 0.05) is 20.1 Å². The Balaban J connectivity index is 2.04. The highest BCUT2D eigenvalue weighted by atomic mass is 32.1. The molecule has 1 aromatic heterocycles. The fourth-order valence-corrected chi connectivity index (χ4v) is 1.56. The summed E-state index contributed by atoms with van der Waals surface area (Å²) in [6, 6.07) is 0.314. The maximum atomic E-state index is 11.6. The molecule has 0 aliphatic carbocycles. The molecule has 0 spiro atoms. The van der Waals surface area contributed by atoms with Crippen LogP contribution < -0.4 is 5.32 Å². The minimum atomic E-state index is -0.0414. The van der Waals surface area contributed by atoms with Crippen LogP contribution in [-0.4, -0.2) is 45.7 Å². The van der Waals surface area contributed by atoms with Crippen LogP contribution in [0.25, 0.3) is 0 Å². The number of rotatable bonds is 2. The number of nitrogens with one attached hydrogen (secondary N) is 1. The summed E-state index contributed by atoms with van der Waals surface area (Å²) in [4.78, 5) is 13.4. The molecule has 1 aromatic rings. The van der Waals surface area contributed by atoms with Crippen LogP contribution in [0, 0.1) is 0 Å². The first-order valence-corrected chi connectivity index (χ1v) is 4.77. The molecule has 1 amide bonds. The van der Waals surface area contributed by atoms with Crippen molar-refractivity contribution in [2.45, 2.75) is 6.04 Å². The van der Waals surface area contributed by atoms with E-state index in [-0.39, 0.29) is 5.91 Å². The molecule has 2 rings (SSSR count). The number of aromatic nitrogens is 2. The number of carbonyl (C=O) groups excluding carboxylic acids is 1. The first kappa shape index (κ1) is 8.58. The summed E-state index contributed by atoms with van der Waals surface area (Å²) in [5.41, 5.74) is 0.444. The van der Waals surface area contributed by atoms with Crippen molar-refractivity contribution in [1.29, 1.82) is 0 Å². The highest BCUT2D eigenvalue weighted by Crippen LogP contribution is 2.07. The summed E-state index contributed by atoms with van der Waals surface area (Å²) >= 11 is 1.06. The maximum Gasteiger partial charge on any atom is 0.275 e.